The molecule has 1 aliphatic rings. The van der Waals surface area contributed by atoms with E-state index in [1.165, 1.54) is 47.9 Å². The van der Waals surface area contributed by atoms with E-state index in [4.69, 9.17) is 9.84 Å². The predicted octanol–water partition coefficient (Wildman–Crippen LogP) is 5.67. The van der Waals surface area contributed by atoms with Gasteiger partial charge >= 0.3 is 5.97 Å². The van der Waals surface area contributed by atoms with Crippen molar-refractivity contribution in [1.82, 2.24) is 5.32 Å². The van der Waals surface area contributed by atoms with Crippen molar-refractivity contribution in [3.63, 3.8) is 0 Å². The molecule has 2 aromatic rings. The van der Waals surface area contributed by atoms with Crippen LogP contribution in [0.5, 0.6) is 0 Å². The second kappa shape index (κ2) is 13.4. The van der Waals surface area contributed by atoms with Crippen LogP contribution in [0, 0.1) is 0 Å². The van der Waals surface area contributed by atoms with Crippen LogP contribution in [0.25, 0.3) is 11.1 Å². The summed E-state index contributed by atoms with van der Waals surface area (Å²) in [6, 6.07) is 16.9. The summed E-state index contributed by atoms with van der Waals surface area (Å²) >= 11 is 0. The lowest BCUT2D eigenvalue weighted by Gasteiger charge is -2.18. The van der Waals surface area contributed by atoms with Crippen molar-refractivity contribution in [2.24, 2.45) is 0 Å². The van der Waals surface area contributed by atoms with Crippen LogP contribution in [0.1, 0.15) is 81.3 Å². The number of unbranched alkanes of at least 4 members (excludes halogenated alkanes) is 8. The van der Waals surface area contributed by atoms with Gasteiger partial charge in [0, 0.05) is 12.3 Å². The van der Waals surface area contributed by atoms with Crippen molar-refractivity contribution in [1.29, 1.82) is 0 Å². The molecule has 0 saturated carbocycles. The highest BCUT2D eigenvalue weighted by Gasteiger charge is 2.28. The number of benzene rings is 2. The Labute approximate surface area is 191 Å². The zero-order chi connectivity index (χ0) is 22.6. The number of nitrogens with one attached hydrogen (secondary N) is 1. The van der Waals surface area contributed by atoms with Gasteiger partial charge in [-0.1, -0.05) is 93.5 Å². The normalized spacial score (nSPS) is 13.7. The minimum absolute atomic E-state index is 0.156. The fourth-order valence-corrected chi connectivity index (χ4v) is 4.55. The van der Waals surface area contributed by atoms with E-state index in [0.717, 1.165) is 38.6 Å². The molecule has 0 heterocycles. The van der Waals surface area contributed by atoms with Crippen LogP contribution in [-0.4, -0.2) is 35.7 Å². The van der Waals surface area contributed by atoms with E-state index in [2.05, 4.69) is 53.8 Å². The van der Waals surface area contributed by atoms with Gasteiger partial charge in [0.15, 0.2) is 0 Å². The zero-order valence-electron chi connectivity index (χ0n) is 19.0. The van der Waals surface area contributed by atoms with E-state index in [9.17, 15) is 9.90 Å². The van der Waals surface area contributed by atoms with Gasteiger partial charge in [0.1, 0.15) is 0 Å². The smallest absolute Gasteiger partial charge is 0.303 e. The van der Waals surface area contributed by atoms with E-state index in [1.54, 1.807) is 0 Å². The van der Waals surface area contributed by atoms with Gasteiger partial charge in [-0.25, -0.2) is 0 Å². The second-order valence-electron chi connectivity index (χ2n) is 8.69. The highest BCUT2D eigenvalue weighted by Crippen LogP contribution is 2.44. The molecule has 3 rings (SSSR count). The number of ether oxygens (including phenoxy) is 1. The largest absolute Gasteiger partial charge is 0.481 e. The Bertz CT molecular complexity index is 792. The number of aliphatic hydroxyl groups excluding tert-OH is 1. The number of aliphatic carboxylic acids is 1. The highest BCUT2D eigenvalue weighted by atomic mass is 16.6. The van der Waals surface area contributed by atoms with Crippen molar-refractivity contribution in [2.45, 2.75) is 76.5 Å². The molecule has 1 aliphatic carbocycles. The van der Waals surface area contributed by atoms with Gasteiger partial charge in [-0.15, -0.1) is 0 Å². The summed E-state index contributed by atoms with van der Waals surface area (Å²) in [7, 11) is 0. The molecule has 2 aromatic carbocycles. The minimum Gasteiger partial charge on any atom is -0.481 e. The van der Waals surface area contributed by atoms with Crippen molar-refractivity contribution in [3.05, 3.63) is 59.7 Å². The molecule has 174 valence electrons. The topological polar surface area (TPSA) is 78.8 Å². The molecule has 0 radical (unpaired) electrons. The molecule has 1 atom stereocenters. The number of hydrogen-bond donors (Lipinski definition) is 3. The van der Waals surface area contributed by atoms with Crippen LogP contribution in [0.15, 0.2) is 48.5 Å². The Kier molecular flexibility index (Phi) is 10.2. The lowest BCUT2D eigenvalue weighted by atomic mass is 9.98. The first kappa shape index (κ1) is 24.4. The van der Waals surface area contributed by atoms with Gasteiger partial charge in [-0.2, -0.15) is 0 Å². The quantitative estimate of drug-likeness (QED) is 0.232. The number of carboxylic acid groups (broad SMARTS) is 1. The standard InChI is InChI=1S/C27H37NO4/c29-26(30)18-8-6-4-2-1-3-5-7-13-19-28-27(31)32-20-25-23-16-11-9-14-21(23)22-15-10-12-17-24(22)25/h9-12,14-17,25,27-28,31H,1-8,13,18-20H2,(H,29,30). The van der Waals surface area contributed by atoms with E-state index in [1.807, 2.05) is 0 Å². The Morgan fingerprint density at radius 2 is 1.31 bits per heavy atom. The number of aliphatic hydroxyl groups is 1. The lowest BCUT2D eigenvalue weighted by molar-refractivity contribution is -0.137. The van der Waals surface area contributed by atoms with Gasteiger partial charge in [0.25, 0.3) is 0 Å². The van der Waals surface area contributed by atoms with Crippen LogP contribution in [0.2, 0.25) is 0 Å². The van der Waals surface area contributed by atoms with Crippen LogP contribution in [0.4, 0.5) is 0 Å². The predicted molar refractivity (Wildman–Crippen MR) is 127 cm³/mol. The van der Waals surface area contributed by atoms with Crippen LogP contribution >= 0.6 is 0 Å². The molecule has 0 saturated heterocycles. The molecule has 5 heteroatoms. The number of hydrogen-bond acceptors (Lipinski definition) is 4. The minimum atomic E-state index is -0.944. The monoisotopic (exact) mass is 439 g/mol. The third-order valence-corrected chi connectivity index (χ3v) is 6.27. The first-order valence-corrected chi connectivity index (χ1v) is 12.1. The van der Waals surface area contributed by atoms with Gasteiger partial charge in [0.2, 0.25) is 6.41 Å². The first-order valence-electron chi connectivity index (χ1n) is 12.1. The number of fused-ring (bicyclic) bond motifs is 3. The van der Waals surface area contributed by atoms with Crippen LogP contribution in [0.3, 0.4) is 0 Å². The third-order valence-electron chi connectivity index (χ3n) is 6.27. The summed E-state index contributed by atoms with van der Waals surface area (Å²) < 4.78 is 5.75. The van der Waals surface area contributed by atoms with Crippen LogP contribution in [-0.2, 0) is 9.53 Å². The average Bonchev–Trinajstić information content (AvgIpc) is 3.12. The summed E-state index contributed by atoms with van der Waals surface area (Å²) in [5, 5.41) is 21.9. The Morgan fingerprint density at radius 1 is 0.812 bits per heavy atom. The molecule has 3 N–H and O–H groups in total. The maximum absolute atomic E-state index is 10.5. The van der Waals surface area contributed by atoms with E-state index < -0.39 is 12.4 Å². The second-order valence-corrected chi connectivity index (χ2v) is 8.69. The molecule has 0 spiro atoms. The fraction of sp³-hybridized carbons (Fsp3) is 0.519. The fourth-order valence-electron chi connectivity index (χ4n) is 4.55. The Balaban J connectivity index is 1.24. The van der Waals surface area contributed by atoms with Crippen molar-refractivity contribution < 1.29 is 19.7 Å². The summed E-state index contributed by atoms with van der Waals surface area (Å²) in [6.07, 6.45) is 9.29. The van der Waals surface area contributed by atoms with Gasteiger partial charge < -0.3 is 14.9 Å². The maximum Gasteiger partial charge on any atom is 0.303 e. The first-order chi connectivity index (χ1) is 15.7. The Morgan fingerprint density at radius 3 is 1.88 bits per heavy atom. The van der Waals surface area contributed by atoms with Crippen molar-refractivity contribution in [3.8, 4) is 11.1 Å². The Hall–Kier alpha value is -2.21. The number of rotatable bonds is 16. The molecule has 0 aliphatic heterocycles. The molecule has 5 nitrogen and oxygen atoms in total. The SMILES string of the molecule is O=C(O)CCCCCCCCCCCNC(O)OCC1c2ccccc2-c2ccccc21. The third kappa shape index (κ3) is 7.44. The average molecular weight is 440 g/mol. The van der Waals surface area contributed by atoms with Crippen molar-refractivity contribution in [2.75, 3.05) is 13.2 Å². The lowest BCUT2D eigenvalue weighted by Crippen LogP contribution is -2.33. The molecule has 0 bridgehead atoms. The zero-order valence-corrected chi connectivity index (χ0v) is 19.0. The highest BCUT2D eigenvalue weighted by molar-refractivity contribution is 5.78. The van der Waals surface area contributed by atoms with E-state index >= 15 is 0 Å². The molecular formula is C27H37NO4. The molecule has 0 amide bonds. The number of carbonyl (C=O) groups is 1. The molecule has 0 aromatic heterocycles. The summed E-state index contributed by atoms with van der Waals surface area (Å²) in [5.41, 5.74) is 5.06. The van der Waals surface area contributed by atoms with Gasteiger partial charge in [-0.05, 0) is 41.6 Å². The van der Waals surface area contributed by atoms with Gasteiger partial charge in [-0.3, -0.25) is 10.1 Å². The van der Waals surface area contributed by atoms with Crippen LogP contribution < -0.4 is 5.32 Å². The summed E-state index contributed by atoms with van der Waals surface area (Å²) in [4.78, 5) is 10.5. The molecular weight excluding hydrogens is 402 g/mol. The molecule has 32 heavy (non-hydrogen) atoms. The van der Waals surface area contributed by atoms with E-state index in [-0.39, 0.29) is 5.92 Å². The van der Waals surface area contributed by atoms with E-state index in [0.29, 0.717) is 13.0 Å². The van der Waals surface area contributed by atoms with Crippen molar-refractivity contribution >= 4 is 5.97 Å². The molecule has 1 unspecified atom stereocenters. The molecule has 0 fully saturated rings. The summed E-state index contributed by atoms with van der Waals surface area (Å²) in [5.74, 6) is -0.536. The maximum atomic E-state index is 10.5. The number of carboxylic acids is 1. The summed E-state index contributed by atoms with van der Waals surface area (Å²) in [6.45, 7) is 1.20. The van der Waals surface area contributed by atoms with Gasteiger partial charge in [0.05, 0.1) is 6.61 Å².